The second kappa shape index (κ2) is 9.52. The Morgan fingerprint density at radius 1 is 0.971 bits per heavy atom. The average Bonchev–Trinajstić information content (AvgIpc) is 3.57. The smallest absolute Gasteiger partial charge is 0.253 e. The van der Waals surface area contributed by atoms with E-state index < -0.39 is 10.0 Å². The second-order valence-electron chi connectivity index (χ2n) is 8.65. The van der Waals surface area contributed by atoms with E-state index in [9.17, 15) is 17.6 Å². The summed E-state index contributed by atoms with van der Waals surface area (Å²) in [6.07, 6.45) is 3.46. The van der Waals surface area contributed by atoms with E-state index in [-0.39, 0.29) is 22.5 Å². The van der Waals surface area contributed by atoms with Gasteiger partial charge in [-0.2, -0.15) is 4.31 Å². The number of benzene rings is 2. The maximum absolute atomic E-state index is 14.1. The summed E-state index contributed by atoms with van der Waals surface area (Å²) in [4.78, 5) is 15.1. The van der Waals surface area contributed by atoms with Crippen LogP contribution in [0.1, 0.15) is 47.0 Å². The Kier molecular flexibility index (Phi) is 6.46. The summed E-state index contributed by atoms with van der Waals surface area (Å²) in [5, 5.41) is 9.80. The molecule has 5 rings (SSSR count). The Hall–Kier alpha value is -2.69. The van der Waals surface area contributed by atoms with Crippen molar-refractivity contribution in [1.29, 1.82) is 0 Å². The molecular formula is C24H25FN4O3S2. The zero-order chi connectivity index (χ0) is 23.7. The number of carbonyl (C=O) groups excluding carboxylic acids is 1. The molecule has 2 fully saturated rings. The van der Waals surface area contributed by atoms with E-state index in [4.69, 9.17) is 0 Å². The lowest BCUT2D eigenvalue weighted by molar-refractivity contribution is 0.0706. The first-order valence-electron chi connectivity index (χ1n) is 11.4. The molecule has 1 atom stereocenters. The summed E-state index contributed by atoms with van der Waals surface area (Å²) in [6.45, 7) is 2.21. The third-order valence-electron chi connectivity index (χ3n) is 6.41. The Morgan fingerprint density at radius 3 is 2.44 bits per heavy atom. The lowest BCUT2D eigenvalue weighted by Gasteiger charge is -2.31. The van der Waals surface area contributed by atoms with Gasteiger partial charge in [-0.1, -0.05) is 23.5 Å². The normalized spacial score (nSPS) is 19.4. The van der Waals surface area contributed by atoms with E-state index >= 15 is 0 Å². The molecule has 3 aromatic rings. The predicted octanol–water partition coefficient (Wildman–Crippen LogP) is 4.15. The van der Waals surface area contributed by atoms with Gasteiger partial charge in [-0.05, 0) is 62.1 Å². The molecule has 2 aromatic carbocycles. The van der Waals surface area contributed by atoms with Crippen molar-refractivity contribution >= 4 is 27.3 Å². The number of carbonyl (C=O) groups is 1. The zero-order valence-electron chi connectivity index (χ0n) is 18.6. The maximum Gasteiger partial charge on any atom is 0.253 e. The first-order chi connectivity index (χ1) is 16.4. The van der Waals surface area contributed by atoms with Crippen molar-refractivity contribution in [3.8, 4) is 10.6 Å². The fourth-order valence-electron chi connectivity index (χ4n) is 4.54. The average molecular weight is 501 g/mol. The highest BCUT2D eigenvalue weighted by atomic mass is 32.2. The maximum atomic E-state index is 14.1. The van der Waals surface area contributed by atoms with Gasteiger partial charge in [-0.25, -0.2) is 12.8 Å². The van der Waals surface area contributed by atoms with Crippen molar-refractivity contribution in [2.24, 2.45) is 0 Å². The molecule has 2 aliphatic heterocycles. The fraction of sp³-hybridized carbons (Fsp3) is 0.375. The lowest BCUT2D eigenvalue weighted by Crippen LogP contribution is -2.39. The summed E-state index contributed by atoms with van der Waals surface area (Å²) in [6, 6.07) is 12.7. The van der Waals surface area contributed by atoms with Crippen molar-refractivity contribution < 1.29 is 17.6 Å². The predicted molar refractivity (Wildman–Crippen MR) is 128 cm³/mol. The lowest BCUT2D eigenvalue weighted by atomic mass is 9.98. The molecule has 1 aromatic heterocycles. The third kappa shape index (κ3) is 4.49. The number of piperidine rings is 1. The van der Waals surface area contributed by atoms with E-state index in [1.54, 1.807) is 35.2 Å². The van der Waals surface area contributed by atoms with Gasteiger partial charge in [0.25, 0.3) is 5.91 Å². The molecule has 3 heterocycles. The molecule has 2 aliphatic rings. The summed E-state index contributed by atoms with van der Waals surface area (Å²) in [5.41, 5.74) is 0.893. The van der Waals surface area contributed by atoms with Crippen LogP contribution in [0.25, 0.3) is 10.6 Å². The minimum Gasteiger partial charge on any atom is -0.338 e. The summed E-state index contributed by atoms with van der Waals surface area (Å²) in [7, 11) is -3.51. The van der Waals surface area contributed by atoms with E-state index in [0.29, 0.717) is 42.3 Å². The molecule has 0 spiro atoms. The van der Waals surface area contributed by atoms with Gasteiger partial charge in [0.05, 0.1) is 4.90 Å². The highest BCUT2D eigenvalue weighted by molar-refractivity contribution is 7.89. The van der Waals surface area contributed by atoms with Crippen molar-refractivity contribution in [2.45, 2.75) is 36.5 Å². The molecule has 0 aliphatic carbocycles. The molecule has 1 amide bonds. The van der Waals surface area contributed by atoms with Crippen LogP contribution < -0.4 is 0 Å². The molecule has 0 radical (unpaired) electrons. The molecule has 1 unspecified atom stereocenters. The molecule has 34 heavy (non-hydrogen) atoms. The van der Waals surface area contributed by atoms with E-state index in [1.165, 1.54) is 33.8 Å². The number of rotatable bonds is 5. The van der Waals surface area contributed by atoms with Gasteiger partial charge in [0.1, 0.15) is 10.8 Å². The fourth-order valence-corrected chi connectivity index (χ4v) is 7.05. The van der Waals surface area contributed by atoms with Gasteiger partial charge in [0.2, 0.25) is 10.0 Å². The molecule has 0 N–H and O–H groups in total. The summed E-state index contributed by atoms with van der Waals surface area (Å²) < 4.78 is 41.1. The highest BCUT2D eigenvalue weighted by Gasteiger charge is 2.30. The Bertz CT molecular complexity index is 1290. The third-order valence-corrected chi connectivity index (χ3v) is 9.44. The van der Waals surface area contributed by atoms with Gasteiger partial charge >= 0.3 is 0 Å². The highest BCUT2D eigenvalue weighted by Crippen LogP contribution is 2.34. The van der Waals surface area contributed by atoms with Crippen LogP contribution in [0.4, 0.5) is 4.39 Å². The van der Waals surface area contributed by atoms with E-state index in [1.807, 2.05) is 0 Å². The Labute approximate surface area is 202 Å². The first kappa shape index (κ1) is 23.1. The first-order valence-corrected chi connectivity index (χ1v) is 13.7. The molecule has 10 heteroatoms. The van der Waals surface area contributed by atoms with Crippen LogP contribution in [-0.4, -0.2) is 59.9 Å². The van der Waals surface area contributed by atoms with Crippen LogP contribution in [0.3, 0.4) is 0 Å². The van der Waals surface area contributed by atoms with E-state index in [2.05, 4.69) is 10.2 Å². The number of sulfonamides is 1. The van der Waals surface area contributed by atoms with Crippen LogP contribution in [0.2, 0.25) is 0 Å². The van der Waals surface area contributed by atoms with Crippen LogP contribution in [0.5, 0.6) is 0 Å². The minimum absolute atomic E-state index is 0.0329. The van der Waals surface area contributed by atoms with Crippen molar-refractivity contribution in [3.05, 3.63) is 64.9 Å². The number of aromatic nitrogens is 2. The molecule has 0 bridgehead atoms. The summed E-state index contributed by atoms with van der Waals surface area (Å²) >= 11 is 1.36. The zero-order valence-corrected chi connectivity index (χ0v) is 20.2. The largest absolute Gasteiger partial charge is 0.338 e. The number of hydrogen-bond acceptors (Lipinski definition) is 6. The number of hydrogen-bond donors (Lipinski definition) is 0. The van der Waals surface area contributed by atoms with Crippen LogP contribution in [0.15, 0.2) is 53.4 Å². The second-order valence-corrected chi connectivity index (χ2v) is 11.6. The quantitative estimate of drug-likeness (QED) is 0.526. The van der Waals surface area contributed by atoms with Crippen LogP contribution in [-0.2, 0) is 10.0 Å². The Morgan fingerprint density at radius 2 is 1.71 bits per heavy atom. The van der Waals surface area contributed by atoms with Crippen LogP contribution in [0, 0.1) is 5.82 Å². The molecule has 0 saturated carbocycles. The van der Waals surface area contributed by atoms with Gasteiger partial charge in [0.15, 0.2) is 5.01 Å². The van der Waals surface area contributed by atoms with Gasteiger partial charge in [-0.15, -0.1) is 10.2 Å². The van der Waals surface area contributed by atoms with Crippen molar-refractivity contribution in [1.82, 2.24) is 19.4 Å². The van der Waals surface area contributed by atoms with Gasteiger partial charge in [0, 0.05) is 43.2 Å². The Balaban J connectivity index is 1.29. The molecule has 2 saturated heterocycles. The van der Waals surface area contributed by atoms with Crippen LogP contribution >= 0.6 is 11.3 Å². The topological polar surface area (TPSA) is 83.5 Å². The van der Waals surface area contributed by atoms with Gasteiger partial charge in [-0.3, -0.25) is 4.79 Å². The number of amides is 1. The van der Waals surface area contributed by atoms with Crippen molar-refractivity contribution in [2.75, 3.05) is 26.2 Å². The summed E-state index contributed by atoms with van der Waals surface area (Å²) in [5.74, 6) is -0.431. The van der Waals surface area contributed by atoms with E-state index in [0.717, 1.165) is 30.7 Å². The SMILES string of the molecule is O=C(c1ccc(S(=O)(=O)N2CCCC2)cc1)N1CCCC(c2nnc(-c3ccccc3F)s2)C1. The standard InChI is InChI=1S/C24H25FN4O3S2/c25-21-8-2-1-7-20(21)23-27-26-22(33-23)18-6-5-13-28(16-18)24(30)17-9-11-19(12-10-17)34(31,32)29-14-3-4-15-29/h1-2,7-12,18H,3-6,13-16H2. The van der Waals surface area contributed by atoms with Crippen molar-refractivity contribution in [3.63, 3.8) is 0 Å². The minimum atomic E-state index is -3.51. The van der Waals surface area contributed by atoms with Gasteiger partial charge < -0.3 is 4.90 Å². The molecular weight excluding hydrogens is 475 g/mol. The molecule has 178 valence electrons. The number of nitrogens with zero attached hydrogens (tertiary/aromatic N) is 4. The number of likely N-dealkylation sites (tertiary alicyclic amines) is 1. The number of halogens is 1. The monoisotopic (exact) mass is 500 g/mol. The molecule has 7 nitrogen and oxygen atoms in total.